The van der Waals surface area contributed by atoms with Gasteiger partial charge in [0.2, 0.25) is 15.9 Å². The van der Waals surface area contributed by atoms with Crippen molar-refractivity contribution < 1.29 is 27.4 Å². The van der Waals surface area contributed by atoms with Crippen molar-refractivity contribution in [1.82, 2.24) is 4.31 Å². The summed E-state index contributed by atoms with van der Waals surface area (Å²) in [4.78, 5) is 12.4. The summed E-state index contributed by atoms with van der Waals surface area (Å²) in [6, 6.07) is 11.6. The number of carbonyl (C=O) groups excluding carboxylic acids is 1. The lowest BCUT2D eigenvalue weighted by Crippen LogP contribution is -2.22. The normalized spacial score (nSPS) is 11.2. The standard InChI is InChI=1S/C21H28N2O6S/c1-5-28-16-8-10-17(11-9-16)29-14-6-7-21(24)22-19-15-18(12-13-20(19)27-4)30(25,26)23(2)3/h8-13,15H,5-7,14H2,1-4H3,(H,22,24). The average Bonchev–Trinajstić information content (AvgIpc) is 2.72. The van der Waals surface area contributed by atoms with Crippen LogP contribution < -0.4 is 19.5 Å². The SMILES string of the molecule is CCOc1ccc(OCCCC(=O)Nc2cc(S(=O)(=O)N(C)C)ccc2OC)cc1. The van der Waals surface area contributed by atoms with Crippen LogP contribution in [0.15, 0.2) is 47.4 Å². The molecule has 164 valence electrons. The highest BCUT2D eigenvalue weighted by molar-refractivity contribution is 7.89. The maximum absolute atomic E-state index is 12.3. The Bertz CT molecular complexity index is 942. The molecule has 0 radical (unpaired) electrons. The maximum atomic E-state index is 12.3. The summed E-state index contributed by atoms with van der Waals surface area (Å²) < 4.78 is 42.0. The molecule has 0 spiro atoms. The highest BCUT2D eigenvalue weighted by Gasteiger charge is 2.19. The summed E-state index contributed by atoms with van der Waals surface area (Å²) in [6.45, 7) is 2.89. The van der Waals surface area contributed by atoms with Crippen LogP contribution in [0.2, 0.25) is 0 Å². The molecule has 2 aromatic carbocycles. The molecule has 0 heterocycles. The second kappa shape index (κ2) is 10.8. The maximum Gasteiger partial charge on any atom is 0.242 e. The number of methoxy groups -OCH3 is 1. The lowest BCUT2D eigenvalue weighted by Gasteiger charge is -2.15. The van der Waals surface area contributed by atoms with Crippen molar-refractivity contribution in [1.29, 1.82) is 0 Å². The smallest absolute Gasteiger partial charge is 0.242 e. The zero-order chi connectivity index (χ0) is 22.1. The Morgan fingerprint density at radius 1 is 1.03 bits per heavy atom. The molecule has 0 saturated heterocycles. The van der Waals surface area contributed by atoms with E-state index in [-0.39, 0.29) is 17.2 Å². The van der Waals surface area contributed by atoms with Gasteiger partial charge in [-0.25, -0.2) is 12.7 Å². The highest BCUT2D eigenvalue weighted by atomic mass is 32.2. The first-order valence-corrected chi connectivity index (χ1v) is 11.0. The minimum atomic E-state index is -3.62. The number of nitrogens with one attached hydrogen (secondary N) is 1. The number of sulfonamides is 1. The van der Waals surface area contributed by atoms with Crippen molar-refractivity contribution >= 4 is 21.6 Å². The van der Waals surface area contributed by atoms with Crippen LogP contribution in [0, 0.1) is 0 Å². The zero-order valence-electron chi connectivity index (χ0n) is 17.7. The lowest BCUT2D eigenvalue weighted by atomic mass is 10.2. The largest absolute Gasteiger partial charge is 0.495 e. The molecular formula is C21H28N2O6S. The lowest BCUT2D eigenvalue weighted by molar-refractivity contribution is -0.116. The quantitative estimate of drug-likeness (QED) is 0.544. The summed E-state index contributed by atoms with van der Waals surface area (Å²) in [7, 11) is 0.726. The Morgan fingerprint density at radius 3 is 2.23 bits per heavy atom. The van der Waals surface area contributed by atoms with E-state index < -0.39 is 10.0 Å². The Kier molecular flexibility index (Phi) is 8.49. The number of hydrogen-bond acceptors (Lipinski definition) is 6. The number of rotatable bonds is 11. The molecule has 9 heteroatoms. The summed E-state index contributed by atoms with van der Waals surface area (Å²) in [5.41, 5.74) is 0.304. The van der Waals surface area contributed by atoms with Crippen LogP contribution >= 0.6 is 0 Å². The van der Waals surface area contributed by atoms with Crippen LogP contribution in [-0.4, -0.2) is 53.0 Å². The molecule has 0 atom stereocenters. The van der Waals surface area contributed by atoms with Gasteiger partial charge in [-0.05, 0) is 55.8 Å². The monoisotopic (exact) mass is 436 g/mol. The summed E-state index contributed by atoms with van der Waals surface area (Å²) >= 11 is 0. The molecule has 0 aromatic heterocycles. The number of benzene rings is 2. The first-order chi connectivity index (χ1) is 14.3. The molecule has 1 amide bonds. The van der Waals surface area contributed by atoms with Gasteiger partial charge in [0.05, 0.1) is 30.9 Å². The van der Waals surface area contributed by atoms with Crippen molar-refractivity contribution in [2.24, 2.45) is 0 Å². The second-order valence-corrected chi connectivity index (χ2v) is 8.71. The third-order valence-corrected chi connectivity index (χ3v) is 5.99. The molecule has 30 heavy (non-hydrogen) atoms. The van der Waals surface area contributed by atoms with Crippen LogP contribution in [0.4, 0.5) is 5.69 Å². The molecule has 1 N–H and O–H groups in total. The Labute approximate surface area is 177 Å². The minimum Gasteiger partial charge on any atom is -0.495 e. The van der Waals surface area contributed by atoms with E-state index in [0.717, 1.165) is 10.1 Å². The van der Waals surface area contributed by atoms with Crippen molar-refractivity contribution in [3.63, 3.8) is 0 Å². The number of anilines is 1. The van der Waals surface area contributed by atoms with Gasteiger partial charge < -0.3 is 19.5 Å². The van der Waals surface area contributed by atoms with Gasteiger partial charge in [-0.2, -0.15) is 0 Å². The Morgan fingerprint density at radius 2 is 1.67 bits per heavy atom. The van der Waals surface area contributed by atoms with E-state index in [1.54, 1.807) is 0 Å². The van der Waals surface area contributed by atoms with Crippen LogP contribution in [0.5, 0.6) is 17.2 Å². The minimum absolute atomic E-state index is 0.0717. The fraction of sp³-hybridized carbons (Fsp3) is 0.381. The van der Waals surface area contributed by atoms with Crippen LogP contribution in [0.3, 0.4) is 0 Å². The third-order valence-electron chi connectivity index (χ3n) is 4.18. The van der Waals surface area contributed by atoms with E-state index in [2.05, 4.69) is 5.32 Å². The number of amides is 1. The van der Waals surface area contributed by atoms with Gasteiger partial charge in [0.15, 0.2) is 0 Å². The molecule has 0 saturated carbocycles. The van der Waals surface area contributed by atoms with E-state index >= 15 is 0 Å². The number of hydrogen-bond donors (Lipinski definition) is 1. The number of carbonyl (C=O) groups is 1. The fourth-order valence-corrected chi connectivity index (χ4v) is 3.52. The summed E-state index contributed by atoms with van der Waals surface area (Å²) in [6.07, 6.45) is 0.710. The van der Waals surface area contributed by atoms with Crippen molar-refractivity contribution in [3.8, 4) is 17.2 Å². The summed E-state index contributed by atoms with van der Waals surface area (Å²) in [5, 5.41) is 2.71. The third kappa shape index (κ3) is 6.36. The molecule has 0 fully saturated rings. The molecule has 8 nitrogen and oxygen atoms in total. The number of nitrogens with zero attached hydrogens (tertiary/aromatic N) is 1. The van der Waals surface area contributed by atoms with Gasteiger partial charge in [0.25, 0.3) is 0 Å². The van der Waals surface area contributed by atoms with Crippen LogP contribution in [0.25, 0.3) is 0 Å². The van der Waals surface area contributed by atoms with Crippen molar-refractivity contribution in [2.45, 2.75) is 24.7 Å². The summed E-state index contributed by atoms with van der Waals surface area (Å²) in [5.74, 6) is 1.59. The Balaban J connectivity index is 1.91. The van der Waals surface area contributed by atoms with Crippen LogP contribution in [-0.2, 0) is 14.8 Å². The first-order valence-electron chi connectivity index (χ1n) is 9.54. The molecule has 0 aliphatic rings. The van der Waals surface area contributed by atoms with Crippen LogP contribution in [0.1, 0.15) is 19.8 Å². The van der Waals surface area contributed by atoms with E-state index in [4.69, 9.17) is 14.2 Å². The average molecular weight is 437 g/mol. The zero-order valence-corrected chi connectivity index (χ0v) is 18.5. The molecule has 0 unspecified atom stereocenters. The van der Waals surface area contributed by atoms with E-state index in [1.165, 1.54) is 39.4 Å². The molecular weight excluding hydrogens is 408 g/mol. The van der Waals surface area contributed by atoms with Gasteiger partial charge >= 0.3 is 0 Å². The van der Waals surface area contributed by atoms with Crippen molar-refractivity contribution in [3.05, 3.63) is 42.5 Å². The predicted molar refractivity (Wildman–Crippen MR) is 115 cm³/mol. The predicted octanol–water partition coefficient (Wildman–Crippen LogP) is 3.14. The van der Waals surface area contributed by atoms with Gasteiger partial charge in [-0.15, -0.1) is 0 Å². The molecule has 2 aromatic rings. The van der Waals surface area contributed by atoms with E-state index in [9.17, 15) is 13.2 Å². The van der Waals surface area contributed by atoms with E-state index in [1.807, 2.05) is 31.2 Å². The second-order valence-electron chi connectivity index (χ2n) is 6.55. The van der Waals surface area contributed by atoms with Gasteiger partial charge in [0, 0.05) is 20.5 Å². The van der Waals surface area contributed by atoms with Crippen molar-refractivity contribution in [2.75, 3.05) is 39.7 Å². The van der Waals surface area contributed by atoms with Gasteiger partial charge in [-0.3, -0.25) is 4.79 Å². The molecule has 0 aliphatic carbocycles. The molecule has 0 bridgehead atoms. The number of ether oxygens (including phenoxy) is 3. The van der Waals surface area contributed by atoms with Gasteiger partial charge in [-0.1, -0.05) is 0 Å². The van der Waals surface area contributed by atoms with Gasteiger partial charge in [0.1, 0.15) is 17.2 Å². The molecule has 0 aliphatic heterocycles. The highest BCUT2D eigenvalue weighted by Crippen LogP contribution is 2.28. The van der Waals surface area contributed by atoms with E-state index in [0.29, 0.717) is 36.8 Å². The Hall–Kier alpha value is -2.78. The topological polar surface area (TPSA) is 94.2 Å². The first kappa shape index (κ1) is 23.5. The fourth-order valence-electron chi connectivity index (χ4n) is 2.59. The molecule has 2 rings (SSSR count).